The summed E-state index contributed by atoms with van der Waals surface area (Å²) < 4.78 is 38.9. The molecule has 4 aliphatic carbocycles. The van der Waals surface area contributed by atoms with E-state index in [4.69, 9.17) is 0 Å². The maximum Gasteiger partial charge on any atom is 0.417 e. The van der Waals surface area contributed by atoms with E-state index >= 15 is 0 Å². The van der Waals surface area contributed by atoms with Gasteiger partial charge in [0.25, 0.3) is 0 Å². The summed E-state index contributed by atoms with van der Waals surface area (Å²) in [4.78, 5) is 12.2. The maximum absolute atomic E-state index is 13.0. The molecule has 1 aromatic carbocycles. The number of carbonyl (C=O) groups excluding carboxylic acids is 1. The van der Waals surface area contributed by atoms with Crippen LogP contribution < -0.4 is 10.7 Å². The van der Waals surface area contributed by atoms with E-state index in [0.29, 0.717) is 17.8 Å². The number of urea groups is 1. The third kappa shape index (κ3) is 3.44. The first-order valence-electron chi connectivity index (χ1n) is 9.10. The number of amides is 2. The number of hydrogen-bond donors (Lipinski definition) is 2. The molecule has 4 aliphatic rings. The Bertz CT molecular complexity index is 694. The fraction of sp³-hybridized carbons (Fsp3) is 0.579. The van der Waals surface area contributed by atoms with Crippen molar-refractivity contribution in [2.45, 2.75) is 50.2 Å². The summed E-state index contributed by atoms with van der Waals surface area (Å²) in [6, 6.07) is 4.72. The lowest BCUT2D eigenvalue weighted by Crippen LogP contribution is -2.61. The molecule has 5 rings (SSSR count). The first kappa shape index (κ1) is 17.4. The summed E-state index contributed by atoms with van der Waals surface area (Å²) in [7, 11) is 0. The molecule has 26 heavy (non-hydrogen) atoms. The van der Waals surface area contributed by atoms with Crippen LogP contribution in [0, 0.1) is 17.8 Å². The summed E-state index contributed by atoms with van der Waals surface area (Å²) >= 11 is 0. The van der Waals surface area contributed by atoms with Crippen LogP contribution in [0.15, 0.2) is 29.4 Å². The summed E-state index contributed by atoms with van der Waals surface area (Å²) in [6.07, 6.45) is 3.43. The fourth-order valence-electron chi connectivity index (χ4n) is 5.56. The predicted octanol–water partition coefficient (Wildman–Crippen LogP) is 4.31. The molecule has 4 nitrogen and oxygen atoms in total. The minimum Gasteiger partial charge on any atom is -0.331 e. The molecular formula is C19H22F3N3O. The van der Waals surface area contributed by atoms with Gasteiger partial charge in [-0.15, -0.1) is 0 Å². The zero-order chi connectivity index (χ0) is 18.4. The average molecular weight is 365 g/mol. The van der Waals surface area contributed by atoms with Gasteiger partial charge >= 0.3 is 12.2 Å². The SMILES string of the molecule is O=C(N/N=C\c1ccccc1C(F)(F)F)NC12CC3CC(CC(C3)C1)C2. The molecule has 0 aromatic heterocycles. The van der Waals surface area contributed by atoms with Gasteiger partial charge in [-0.05, 0) is 62.3 Å². The number of nitrogens with zero attached hydrogens (tertiary/aromatic N) is 1. The molecule has 0 spiro atoms. The Morgan fingerprint density at radius 1 is 1.08 bits per heavy atom. The number of hydrogen-bond acceptors (Lipinski definition) is 2. The molecule has 0 atom stereocenters. The van der Waals surface area contributed by atoms with Gasteiger partial charge in [-0.25, -0.2) is 10.2 Å². The minimum atomic E-state index is -4.45. The third-order valence-corrected chi connectivity index (χ3v) is 6.05. The number of carbonyl (C=O) groups is 1. The van der Waals surface area contributed by atoms with Crippen LogP contribution in [0.3, 0.4) is 0 Å². The van der Waals surface area contributed by atoms with E-state index in [1.807, 2.05) is 0 Å². The zero-order valence-electron chi connectivity index (χ0n) is 14.4. The van der Waals surface area contributed by atoms with Crippen LogP contribution in [0.2, 0.25) is 0 Å². The van der Waals surface area contributed by atoms with Crippen LogP contribution in [0.1, 0.15) is 49.7 Å². The Kier molecular flexibility index (Phi) is 4.20. The van der Waals surface area contributed by atoms with Crippen LogP contribution in [-0.4, -0.2) is 17.8 Å². The highest BCUT2D eigenvalue weighted by Crippen LogP contribution is 2.55. The molecule has 4 fully saturated rings. The number of nitrogens with one attached hydrogen (secondary N) is 2. The second kappa shape index (κ2) is 6.28. The third-order valence-electron chi connectivity index (χ3n) is 6.05. The highest BCUT2D eigenvalue weighted by Gasteiger charge is 2.51. The van der Waals surface area contributed by atoms with Crippen molar-refractivity contribution in [3.8, 4) is 0 Å². The van der Waals surface area contributed by atoms with Gasteiger partial charge in [0, 0.05) is 11.1 Å². The second-order valence-electron chi connectivity index (χ2n) is 8.11. The molecule has 140 valence electrons. The quantitative estimate of drug-likeness (QED) is 0.609. The topological polar surface area (TPSA) is 53.5 Å². The molecule has 2 N–H and O–H groups in total. The first-order valence-corrected chi connectivity index (χ1v) is 9.10. The Labute approximate surface area is 150 Å². The van der Waals surface area contributed by atoms with Crippen molar-refractivity contribution < 1.29 is 18.0 Å². The molecule has 7 heteroatoms. The highest BCUT2D eigenvalue weighted by atomic mass is 19.4. The molecular weight excluding hydrogens is 343 g/mol. The van der Waals surface area contributed by atoms with Gasteiger partial charge in [-0.2, -0.15) is 18.3 Å². The number of hydrazone groups is 1. The Balaban J connectivity index is 1.39. The van der Waals surface area contributed by atoms with Crippen molar-refractivity contribution in [1.82, 2.24) is 10.7 Å². The first-order chi connectivity index (χ1) is 12.3. The van der Waals surface area contributed by atoms with Crippen LogP contribution in [0.4, 0.5) is 18.0 Å². The van der Waals surface area contributed by atoms with Crippen LogP contribution in [0.25, 0.3) is 0 Å². The molecule has 0 unspecified atom stereocenters. The van der Waals surface area contributed by atoms with E-state index in [2.05, 4.69) is 15.8 Å². The van der Waals surface area contributed by atoms with Crippen molar-refractivity contribution in [2.75, 3.05) is 0 Å². The van der Waals surface area contributed by atoms with E-state index in [1.54, 1.807) is 0 Å². The fourth-order valence-corrected chi connectivity index (χ4v) is 5.56. The van der Waals surface area contributed by atoms with Crippen LogP contribution in [0.5, 0.6) is 0 Å². The van der Waals surface area contributed by atoms with E-state index in [9.17, 15) is 18.0 Å². The van der Waals surface area contributed by atoms with Crippen molar-refractivity contribution in [3.63, 3.8) is 0 Å². The predicted molar refractivity (Wildman–Crippen MR) is 91.6 cm³/mol. The molecule has 4 saturated carbocycles. The number of alkyl halides is 3. The smallest absolute Gasteiger partial charge is 0.331 e. The van der Waals surface area contributed by atoms with Gasteiger partial charge < -0.3 is 5.32 Å². The average Bonchev–Trinajstić information content (AvgIpc) is 2.52. The lowest BCUT2D eigenvalue weighted by atomic mass is 9.53. The van der Waals surface area contributed by atoms with Crippen molar-refractivity contribution in [2.24, 2.45) is 22.9 Å². The van der Waals surface area contributed by atoms with E-state index in [-0.39, 0.29) is 11.1 Å². The van der Waals surface area contributed by atoms with E-state index in [1.165, 1.54) is 37.5 Å². The van der Waals surface area contributed by atoms with Crippen molar-refractivity contribution in [3.05, 3.63) is 35.4 Å². The van der Waals surface area contributed by atoms with Gasteiger partial charge in [0.1, 0.15) is 0 Å². The number of halogens is 3. The Morgan fingerprint density at radius 3 is 2.23 bits per heavy atom. The molecule has 0 radical (unpaired) electrons. The lowest BCUT2D eigenvalue weighted by Gasteiger charge is -2.56. The molecule has 0 heterocycles. The normalized spacial score (nSPS) is 32.8. The van der Waals surface area contributed by atoms with Gasteiger partial charge in [0.05, 0.1) is 11.8 Å². The summed E-state index contributed by atoms with van der Waals surface area (Å²) in [6.45, 7) is 0. The number of benzene rings is 1. The summed E-state index contributed by atoms with van der Waals surface area (Å²) in [5, 5.41) is 6.80. The van der Waals surface area contributed by atoms with E-state index in [0.717, 1.165) is 31.5 Å². The second-order valence-corrected chi connectivity index (χ2v) is 8.11. The Morgan fingerprint density at radius 2 is 1.65 bits per heavy atom. The molecule has 4 bridgehead atoms. The zero-order valence-corrected chi connectivity index (χ0v) is 14.4. The molecule has 2 amide bonds. The largest absolute Gasteiger partial charge is 0.417 e. The van der Waals surface area contributed by atoms with Crippen molar-refractivity contribution >= 4 is 12.2 Å². The van der Waals surface area contributed by atoms with Gasteiger partial charge in [-0.1, -0.05) is 18.2 Å². The van der Waals surface area contributed by atoms with Gasteiger partial charge in [0.15, 0.2) is 0 Å². The molecule has 1 aromatic rings. The van der Waals surface area contributed by atoms with Gasteiger partial charge in [-0.3, -0.25) is 0 Å². The van der Waals surface area contributed by atoms with Gasteiger partial charge in [0.2, 0.25) is 0 Å². The standard InChI is InChI=1S/C19H22F3N3O/c20-19(21,22)16-4-2-1-3-15(16)11-23-25-17(26)24-18-8-12-5-13(9-18)7-14(6-12)10-18/h1-4,11-14H,5-10H2,(H2,24,25,26)/b23-11-. The number of rotatable bonds is 3. The molecule has 0 aliphatic heterocycles. The molecule has 0 saturated heterocycles. The lowest BCUT2D eigenvalue weighted by molar-refractivity contribution is -0.137. The monoisotopic (exact) mass is 365 g/mol. The maximum atomic E-state index is 13.0. The Hall–Kier alpha value is -2.05. The van der Waals surface area contributed by atoms with E-state index < -0.39 is 17.8 Å². The van der Waals surface area contributed by atoms with Crippen molar-refractivity contribution in [1.29, 1.82) is 0 Å². The minimum absolute atomic E-state index is 0.0740. The van der Waals surface area contributed by atoms with Crippen LogP contribution >= 0.6 is 0 Å². The van der Waals surface area contributed by atoms with Crippen LogP contribution in [-0.2, 0) is 6.18 Å². The summed E-state index contributed by atoms with van der Waals surface area (Å²) in [5.41, 5.74) is 1.34. The highest BCUT2D eigenvalue weighted by molar-refractivity contribution is 5.83. The summed E-state index contributed by atoms with van der Waals surface area (Å²) in [5.74, 6) is 2.09.